The van der Waals surface area contributed by atoms with Crippen molar-refractivity contribution in [3.05, 3.63) is 53.4 Å². The summed E-state index contributed by atoms with van der Waals surface area (Å²) in [6.45, 7) is 10.8. The lowest BCUT2D eigenvalue weighted by atomic mass is 9.77. The summed E-state index contributed by atoms with van der Waals surface area (Å²) < 4.78 is 7.52. The van der Waals surface area contributed by atoms with Gasteiger partial charge in [-0.05, 0) is 50.7 Å². The zero-order valence-corrected chi connectivity index (χ0v) is 20.1. The fourth-order valence-electron chi connectivity index (χ4n) is 5.76. The first-order valence-electron chi connectivity index (χ1n) is 12.0. The maximum Gasteiger partial charge on any atom is 0.276 e. The van der Waals surface area contributed by atoms with Crippen molar-refractivity contribution in [2.75, 3.05) is 4.90 Å². The van der Waals surface area contributed by atoms with Gasteiger partial charge in [0.1, 0.15) is 11.2 Å². The molecule has 1 saturated carbocycles. The number of rotatable bonds is 3. The number of amides is 2. The number of furan rings is 1. The molecule has 0 spiro atoms. The van der Waals surface area contributed by atoms with Gasteiger partial charge in [-0.3, -0.25) is 14.5 Å². The minimum absolute atomic E-state index is 0.0993. The highest BCUT2D eigenvalue weighted by molar-refractivity contribution is 6.14. The van der Waals surface area contributed by atoms with Gasteiger partial charge < -0.3 is 14.3 Å². The second kappa shape index (κ2) is 7.79. The Morgan fingerprint density at radius 3 is 2.70 bits per heavy atom. The van der Waals surface area contributed by atoms with Crippen LogP contribution in [0, 0.1) is 25.7 Å². The maximum atomic E-state index is 14.0. The number of aryl methyl sites for hydroxylation is 2. The third kappa shape index (κ3) is 3.38. The van der Waals surface area contributed by atoms with Crippen molar-refractivity contribution in [2.45, 2.75) is 72.0 Å². The third-order valence-corrected chi connectivity index (χ3v) is 8.01. The van der Waals surface area contributed by atoms with Gasteiger partial charge in [-0.25, -0.2) is 0 Å². The van der Waals surface area contributed by atoms with Crippen molar-refractivity contribution in [2.24, 2.45) is 11.8 Å². The molecule has 0 unspecified atom stereocenters. The standard InChI is InChI=1S/C27H33N3O3/c1-16-9-10-21(18(3)13-16)30-25(31)23-14-24-22(11-12-33-24)29(23)15-27(30,5)26(32)28-20-8-6-7-17(2)19(20)4/h9-14,17,19-20H,6-8,15H2,1-5H3,(H,28,32)/t17-,19+,20-,27-/m1/s1. The quantitative estimate of drug-likeness (QED) is 0.599. The fraction of sp³-hybridized carbons (Fsp3) is 0.481. The summed E-state index contributed by atoms with van der Waals surface area (Å²) in [5.74, 6) is 0.699. The second-order valence-electron chi connectivity index (χ2n) is 10.3. The van der Waals surface area contributed by atoms with Crippen LogP contribution in [0.5, 0.6) is 0 Å². The van der Waals surface area contributed by atoms with Gasteiger partial charge in [-0.1, -0.05) is 44.4 Å². The van der Waals surface area contributed by atoms with E-state index in [1.54, 1.807) is 17.2 Å². The van der Waals surface area contributed by atoms with Gasteiger partial charge in [0.2, 0.25) is 5.91 Å². The minimum atomic E-state index is -1.08. The predicted molar refractivity (Wildman–Crippen MR) is 129 cm³/mol. The summed E-state index contributed by atoms with van der Waals surface area (Å²) in [7, 11) is 0. The Bertz CT molecular complexity index is 1240. The first kappa shape index (κ1) is 21.8. The van der Waals surface area contributed by atoms with Crippen LogP contribution in [0.25, 0.3) is 11.1 Å². The van der Waals surface area contributed by atoms with Gasteiger partial charge in [0.15, 0.2) is 5.58 Å². The molecule has 0 radical (unpaired) electrons. The summed E-state index contributed by atoms with van der Waals surface area (Å²) in [5, 5.41) is 3.36. The molecule has 1 aliphatic carbocycles. The number of fused-ring (bicyclic) bond motifs is 3. The molecule has 1 fully saturated rings. The van der Waals surface area contributed by atoms with Crippen molar-refractivity contribution in [1.29, 1.82) is 0 Å². The van der Waals surface area contributed by atoms with Crippen LogP contribution in [0.1, 0.15) is 61.6 Å². The largest absolute Gasteiger partial charge is 0.463 e. The molecule has 3 heterocycles. The highest BCUT2D eigenvalue weighted by Gasteiger charge is 2.50. The van der Waals surface area contributed by atoms with Crippen LogP contribution in [0.2, 0.25) is 0 Å². The van der Waals surface area contributed by atoms with E-state index in [-0.39, 0.29) is 17.9 Å². The van der Waals surface area contributed by atoms with Crippen LogP contribution in [-0.4, -0.2) is 28.0 Å². The first-order valence-corrected chi connectivity index (χ1v) is 12.0. The highest BCUT2D eigenvalue weighted by Crippen LogP contribution is 2.38. The van der Waals surface area contributed by atoms with Crippen molar-refractivity contribution in [3.63, 3.8) is 0 Å². The van der Waals surface area contributed by atoms with Crippen LogP contribution >= 0.6 is 0 Å². The molecule has 1 N–H and O–H groups in total. The molecule has 4 atom stereocenters. The highest BCUT2D eigenvalue weighted by atomic mass is 16.3. The number of hydrogen-bond acceptors (Lipinski definition) is 3. The summed E-state index contributed by atoms with van der Waals surface area (Å²) in [4.78, 5) is 29.7. The molecule has 0 saturated heterocycles. The molecule has 2 amide bonds. The lowest BCUT2D eigenvalue weighted by Crippen LogP contribution is -2.66. The summed E-state index contributed by atoms with van der Waals surface area (Å²) in [5.41, 5.74) is 3.86. The zero-order chi connectivity index (χ0) is 23.5. The molecule has 6 nitrogen and oxygen atoms in total. The van der Waals surface area contributed by atoms with E-state index in [1.807, 2.05) is 43.5 Å². The van der Waals surface area contributed by atoms with E-state index >= 15 is 0 Å². The zero-order valence-electron chi connectivity index (χ0n) is 20.1. The SMILES string of the molecule is Cc1ccc(N2C(=O)c3cc4occc4n3C[C@]2(C)C(=O)N[C@@H]2CCC[C@@H](C)[C@@H]2C)c(C)c1. The lowest BCUT2D eigenvalue weighted by molar-refractivity contribution is -0.128. The average Bonchev–Trinajstić information content (AvgIpc) is 3.35. The second-order valence-corrected chi connectivity index (χ2v) is 10.3. The molecule has 2 aromatic heterocycles. The minimum Gasteiger partial charge on any atom is -0.463 e. The molecular formula is C27H33N3O3. The Morgan fingerprint density at radius 1 is 1.15 bits per heavy atom. The first-order chi connectivity index (χ1) is 15.7. The maximum absolute atomic E-state index is 14.0. The lowest BCUT2D eigenvalue weighted by Gasteiger charge is -2.46. The molecule has 3 aromatic rings. The smallest absolute Gasteiger partial charge is 0.276 e. The van der Waals surface area contributed by atoms with E-state index in [1.165, 1.54) is 6.42 Å². The van der Waals surface area contributed by atoms with Gasteiger partial charge in [-0.15, -0.1) is 0 Å². The van der Waals surface area contributed by atoms with Crippen molar-refractivity contribution < 1.29 is 14.0 Å². The van der Waals surface area contributed by atoms with Gasteiger partial charge in [0.05, 0.1) is 18.3 Å². The van der Waals surface area contributed by atoms with Crippen molar-refractivity contribution >= 4 is 28.6 Å². The molecule has 5 rings (SSSR count). The molecular weight excluding hydrogens is 414 g/mol. The van der Waals surface area contributed by atoms with E-state index in [4.69, 9.17) is 4.42 Å². The van der Waals surface area contributed by atoms with Crippen molar-refractivity contribution in [3.8, 4) is 0 Å². The van der Waals surface area contributed by atoms with Crippen LogP contribution in [0.15, 0.2) is 41.0 Å². The van der Waals surface area contributed by atoms with Crippen LogP contribution in [-0.2, 0) is 11.3 Å². The van der Waals surface area contributed by atoms with Crippen molar-refractivity contribution in [1.82, 2.24) is 9.88 Å². The number of benzene rings is 1. The van der Waals surface area contributed by atoms with Gasteiger partial charge in [0, 0.05) is 23.9 Å². The Labute approximate surface area is 194 Å². The van der Waals surface area contributed by atoms with Gasteiger partial charge >= 0.3 is 0 Å². The van der Waals surface area contributed by atoms with Crippen LogP contribution in [0.4, 0.5) is 5.69 Å². The van der Waals surface area contributed by atoms with Crippen LogP contribution in [0.3, 0.4) is 0 Å². The van der Waals surface area contributed by atoms with E-state index in [0.29, 0.717) is 29.7 Å². The molecule has 2 aliphatic rings. The third-order valence-electron chi connectivity index (χ3n) is 8.01. The monoisotopic (exact) mass is 447 g/mol. The average molecular weight is 448 g/mol. The number of anilines is 1. The Balaban J connectivity index is 1.60. The van der Waals surface area contributed by atoms with E-state index in [0.717, 1.165) is 35.2 Å². The van der Waals surface area contributed by atoms with E-state index in [9.17, 15) is 9.59 Å². The molecule has 0 bridgehead atoms. The summed E-state index contributed by atoms with van der Waals surface area (Å²) in [6.07, 6.45) is 4.92. The number of nitrogens with zero attached hydrogens (tertiary/aromatic N) is 2. The Kier molecular flexibility index (Phi) is 5.15. The van der Waals surface area contributed by atoms with E-state index < -0.39 is 5.54 Å². The number of nitrogens with one attached hydrogen (secondary N) is 1. The van der Waals surface area contributed by atoms with Gasteiger partial charge in [-0.2, -0.15) is 0 Å². The molecule has 1 aromatic carbocycles. The molecule has 174 valence electrons. The number of aromatic nitrogens is 1. The Morgan fingerprint density at radius 2 is 1.94 bits per heavy atom. The predicted octanol–water partition coefficient (Wildman–Crippen LogP) is 5.21. The number of carbonyl (C=O) groups excluding carboxylic acids is 2. The molecule has 33 heavy (non-hydrogen) atoms. The summed E-state index contributed by atoms with van der Waals surface area (Å²) >= 11 is 0. The number of carbonyl (C=O) groups is 2. The van der Waals surface area contributed by atoms with Gasteiger partial charge in [0.25, 0.3) is 5.91 Å². The molecule has 6 heteroatoms. The Hall–Kier alpha value is -3.02. The topological polar surface area (TPSA) is 67.5 Å². The number of hydrogen-bond donors (Lipinski definition) is 1. The van der Waals surface area contributed by atoms with E-state index in [2.05, 4.69) is 25.2 Å². The molecule has 1 aliphatic heterocycles. The van der Waals surface area contributed by atoms with Crippen LogP contribution < -0.4 is 10.2 Å². The summed E-state index contributed by atoms with van der Waals surface area (Å²) in [6, 6.07) is 9.79. The fourth-order valence-corrected chi connectivity index (χ4v) is 5.76. The normalized spacial score (nSPS) is 27.6.